The minimum Gasteiger partial charge on any atom is -0.506 e. The molecule has 1 heterocycles. The Morgan fingerprint density at radius 1 is 0.955 bits per heavy atom. The number of phenols is 1. The zero-order chi connectivity index (χ0) is 15.4. The Balaban J connectivity index is 1.51. The van der Waals surface area contributed by atoms with E-state index in [0.29, 0.717) is 5.02 Å². The van der Waals surface area contributed by atoms with Gasteiger partial charge in [-0.15, -0.1) is 0 Å². The molecule has 3 rings (SSSR count). The molecule has 1 aliphatic heterocycles. The molecule has 0 saturated carbocycles. The summed E-state index contributed by atoms with van der Waals surface area (Å²) in [5, 5.41) is 9.92. The van der Waals surface area contributed by atoms with Gasteiger partial charge in [0.25, 0.3) is 0 Å². The highest BCUT2D eigenvalue weighted by Gasteiger charge is 2.17. The highest BCUT2D eigenvalue weighted by Crippen LogP contribution is 2.28. The van der Waals surface area contributed by atoms with E-state index in [1.54, 1.807) is 6.07 Å². The Bertz CT molecular complexity index is 610. The molecule has 0 aromatic heterocycles. The number of nitrogens with zero attached hydrogens (tertiary/aromatic N) is 2. The molecule has 116 valence electrons. The molecule has 0 amide bonds. The molecule has 0 unspecified atom stereocenters. The third-order valence-electron chi connectivity index (χ3n) is 4.23. The van der Waals surface area contributed by atoms with Gasteiger partial charge in [0.05, 0.1) is 5.02 Å². The van der Waals surface area contributed by atoms with Gasteiger partial charge in [-0.05, 0) is 30.2 Å². The van der Waals surface area contributed by atoms with Crippen molar-refractivity contribution in [1.82, 2.24) is 4.90 Å². The quantitative estimate of drug-likeness (QED) is 0.936. The molecule has 1 aliphatic rings. The van der Waals surface area contributed by atoms with E-state index >= 15 is 0 Å². The Kier molecular flexibility index (Phi) is 4.86. The zero-order valence-electron chi connectivity index (χ0n) is 12.6. The SMILES string of the molecule is Oc1ccc(N2CCN(CCc3ccccc3)CC2)cc1Cl. The van der Waals surface area contributed by atoms with Crippen LogP contribution in [0.1, 0.15) is 5.56 Å². The minimum atomic E-state index is 0.145. The van der Waals surface area contributed by atoms with Crippen LogP contribution in [0, 0.1) is 0 Å². The van der Waals surface area contributed by atoms with Crippen LogP contribution in [-0.2, 0) is 6.42 Å². The Hall–Kier alpha value is -1.71. The van der Waals surface area contributed by atoms with Crippen molar-refractivity contribution in [3.63, 3.8) is 0 Å². The van der Waals surface area contributed by atoms with Crippen LogP contribution in [0.2, 0.25) is 5.02 Å². The van der Waals surface area contributed by atoms with E-state index < -0.39 is 0 Å². The molecule has 3 nitrogen and oxygen atoms in total. The van der Waals surface area contributed by atoms with E-state index in [0.717, 1.165) is 44.8 Å². The Labute approximate surface area is 136 Å². The topological polar surface area (TPSA) is 26.7 Å². The number of hydrogen-bond donors (Lipinski definition) is 1. The lowest BCUT2D eigenvalue weighted by atomic mass is 10.1. The van der Waals surface area contributed by atoms with Gasteiger partial charge in [-0.1, -0.05) is 41.9 Å². The molecule has 1 fully saturated rings. The van der Waals surface area contributed by atoms with Crippen molar-refractivity contribution in [3.8, 4) is 5.75 Å². The van der Waals surface area contributed by atoms with E-state index in [4.69, 9.17) is 11.6 Å². The summed E-state index contributed by atoms with van der Waals surface area (Å²) in [6, 6.07) is 16.1. The standard InChI is InChI=1S/C18H21ClN2O/c19-17-14-16(6-7-18(17)22)21-12-10-20(11-13-21)9-8-15-4-2-1-3-5-15/h1-7,14,22H,8-13H2. The molecule has 0 atom stereocenters. The normalized spacial score (nSPS) is 16.0. The molecule has 0 spiro atoms. The molecule has 4 heteroatoms. The fourth-order valence-electron chi connectivity index (χ4n) is 2.85. The van der Waals surface area contributed by atoms with E-state index in [1.807, 2.05) is 12.1 Å². The summed E-state index contributed by atoms with van der Waals surface area (Å²) in [6.45, 7) is 5.22. The zero-order valence-corrected chi connectivity index (χ0v) is 13.3. The highest BCUT2D eigenvalue weighted by atomic mass is 35.5. The first kappa shape index (κ1) is 15.2. The molecule has 0 bridgehead atoms. The van der Waals surface area contributed by atoms with Crippen molar-refractivity contribution in [2.75, 3.05) is 37.6 Å². The van der Waals surface area contributed by atoms with Crippen molar-refractivity contribution in [1.29, 1.82) is 0 Å². The van der Waals surface area contributed by atoms with E-state index in [-0.39, 0.29) is 5.75 Å². The van der Waals surface area contributed by atoms with Gasteiger partial charge in [-0.2, -0.15) is 0 Å². The Morgan fingerprint density at radius 3 is 2.36 bits per heavy atom. The highest BCUT2D eigenvalue weighted by molar-refractivity contribution is 6.32. The number of rotatable bonds is 4. The van der Waals surface area contributed by atoms with Gasteiger partial charge in [0, 0.05) is 38.4 Å². The number of anilines is 1. The van der Waals surface area contributed by atoms with E-state index in [1.165, 1.54) is 5.56 Å². The smallest absolute Gasteiger partial charge is 0.134 e. The van der Waals surface area contributed by atoms with Crippen molar-refractivity contribution in [2.45, 2.75) is 6.42 Å². The van der Waals surface area contributed by atoms with Gasteiger partial charge < -0.3 is 10.0 Å². The molecule has 22 heavy (non-hydrogen) atoms. The number of benzene rings is 2. The average molecular weight is 317 g/mol. The lowest BCUT2D eigenvalue weighted by Gasteiger charge is -2.36. The maximum atomic E-state index is 9.50. The molecule has 1 saturated heterocycles. The monoisotopic (exact) mass is 316 g/mol. The van der Waals surface area contributed by atoms with Crippen molar-refractivity contribution in [2.24, 2.45) is 0 Å². The van der Waals surface area contributed by atoms with Crippen LogP contribution in [-0.4, -0.2) is 42.7 Å². The number of aromatic hydroxyl groups is 1. The summed E-state index contributed by atoms with van der Waals surface area (Å²) < 4.78 is 0. The van der Waals surface area contributed by atoms with Gasteiger partial charge in [0.15, 0.2) is 0 Å². The summed E-state index contributed by atoms with van der Waals surface area (Å²) in [7, 11) is 0. The fraction of sp³-hybridized carbons (Fsp3) is 0.333. The van der Waals surface area contributed by atoms with E-state index in [2.05, 4.69) is 40.1 Å². The average Bonchev–Trinajstić information content (AvgIpc) is 2.57. The molecule has 2 aromatic carbocycles. The van der Waals surface area contributed by atoms with Crippen LogP contribution >= 0.6 is 11.6 Å². The predicted octanol–water partition coefficient (Wildman–Crippen LogP) is 3.41. The molecule has 2 aromatic rings. The van der Waals surface area contributed by atoms with Gasteiger partial charge >= 0.3 is 0 Å². The first-order valence-electron chi connectivity index (χ1n) is 7.72. The van der Waals surface area contributed by atoms with Crippen LogP contribution in [0.5, 0.6) is 5.75 Å². The largest absolute Gasteiger partial charge is 0.506 e. The maximum absolute atomic E-state index is 9.50. The second-order valence-corrected chi connectivity index (χ2v) is 6.11. The van der Waals surface area contributed by atoms with Crippen LogP contribution in [0.25, 0.3) is 0 Å². The summed E-state index contributed by atoms with van der Waals surface area (Å²) in [4.78, 5) is 4.83. The summed E-state index contributed by atoms with van der Waals surface area (Å²) in [6.07, 6.45) is 1.10. The van der Waals surface area contributed by atoms with Crippen molar-refractivity contribution in [3.05, 3.63) is 59.1 Å². The Morgan fingerprint density at radius 2 is 1.68 bits per heavy atom. The van der Waals surface area contributed by atoms with Gasteiger partial charge in [-0.3, -0.25) is 4.90 Å². The third kappa shape index (κ3) is 3.73. The number of piperazine rings is 1. The first-order chi connectivity index (χ1) is 10.7. The number of hydrogen-bond acceptors (Lipinski definition) is 3. The second kappa shape index (κ2) is 7.03. The summed E-state index contributed by atoms with van der Waals surface area (Å²) in [5.41, 5.74) is 2.49. The van der Waals surface area contributed by atoms with Crippen LogP contribution in [0.4, 0.5) is 5.69 Å². The molecule has 1 N–H and O–H groups in total. The van der Waals surface area contributed by atoms with Crippen LogP contribution in [0.15, 0.2) is 48.5 Å². The second-order valence-electron chi connectivity index (χ2n) is 5.70. The van der Waals surface area contributed by atoms with Gasteiger partial charge in [0.2, 0.25) is 0 Å². The fourth-order valence-corrected chi connectivity index (χ4v) is 3.03. The molecule has 0 aliphatic carbocycles. The van der Waals surface area contributed by atoms with Crippen molar-refractivity contribution >= 4 is 17.3 Å². The summed E-state index contributed by atoms with van der Waals surface area (Å²) in [5.74, 6) is 0.145. The molecule has 0 radical (unpaired) electrons. The van der Waals surface area contributed by atoms with Crippen LogP contribution in [0.3, 0.4) is 0 Å². The third-order valence-corrected chi connectivity index (χ3v) is 4.53. The van der Waals surface area contributed by atoms with Crippen molar-refractivity contribution < 1.29 is 5.11 Å². The van der Waals surface area contributed by atoms with Gasteiger partial charge in [-0.25, -0.2) is 0 Å². The minimum absolute atomic E-state index is 0.145. The summed E-state index contributed by atoms with van der Waals surface area (Å²) >= 11 is 5.99. The number of phenolic OH excluding ortho intramolecular Hbond substituents is 1. The predicted molar refractivity (Wildman–Crippen MR) is 91.9 cm³/mol. The lowest BCUT2D eigenvalue weighted by molar-refractivity contribution is 0.261. The lowest BCUT2D eigenvalue weighted by Crippen LogP contribution is -2.47. The van der Waals surface area contributed by atoms with E-state index in [9.17, 15) is 5.11 Å². The maximum Gasteiger partial charge on any atom is 0.134 e. The van der Waals surface area contributed by atoms with Crippen LogP contribution < -0.4 is 4.90 Å². The molecular formula is C18H21ClN2O. The first-order valence-corrected chi connectivity index (χ1v) is 8.10. The number of halogens is 1. The molecular weight excluding hydrogens is 296 g/mol. The van der Waals surface area contributed by atoms with Gasteiger partial charge in [0.1, 0.15) is 5.75 Å².